The molecule has 2 amide bonds. The largest absolute Gasteiger partial charge is 0.479 e. The molecule has 5 nitrogen and oxygen atoms in total. The molecule has 1 atom stereocenters. The number of aliphatic carboxylic acids is 1. The number of urea groups is 1. The van der Waals surface area contributed by atoms with Gasteiger partial charge in [-0.25, -0.2) is 9.59 Å². The zero-order valence-corrected chi connectivity index (χ0v) is 12.2. The maximum absolute atomic E-state index is 12.1. The summed E-state index contributed by atoms with van der Waals surface area (Å²) in [7, 11) is 0. The van der Waals surface area contributed by atoms with Gasteiger partial charge in [0, 0.05) is 18.0 Å². The maximum Gasteiger partial charge on any atom is 0.331 e. The van der Waals surface area contributed by atoms with Crippen molar-refractivity contribution in [2.75, 3.05) is 13.1 Å². The van der Waals surface area contributed by atoms with Gasteiger partial charge in [-0.05, 0) is 36.8 Å². The zero-order chi connectivity index (χ0) is 14.5. The third kappa shape index (κ3) is 3.01. The van der Waals surface area contributed by atoms with Gasteiger partial charge in [0.05, 0.1) is 0 Å². The number of carbonyl (C=O) groups is 2. The average Bonchev–Trinajstić information content (AvgIpc) is 2.90. The van der Waals surface area contributed by atoms with Crippen LogP contribution in [-0.4, -0.2) is 35.1 Å². The number of nitrogens with one attached hydrogen (secondary N) is 1. The number of carboxylic acid groups (broad SMARTS) is 1. The summed E-state index contributed by atoms with van der Waals surface area (Å²) in [5.74, 6) is -0.979. The van der Waals surface area contributed by atoms with Crippen LogP contribution in [0.15, 0.2) is 23.6 Å². The van der Waals surface area contributed by atoms with Crippen molar-refractivity contribution in [3.8, 4) is 0 Å². The molecule has 108 valence electrons. The molecule has 0 saturated heterocycles. The molecule has 2 heterocycles. The number of carboxylic acids is 1. The van der Waals surface area contributed by atoms with E-state index >= 15 is 0 Å². The van der Waals surface area contributed by atoms with Crippen molar-refractivity contribution in [1.29, 1.82) is 0 Å². The van der Waals surface area contributed by atoms with Gasteiger partial charge in [-0.1, -0.05) is 12.2 Å². The molecule has 1 aliphatic rings. The van der Waals surface area contributed by atoms with Crippen LogP contribution in [0.2, 0.25) is 0 Å². The van der Waals surface area contributed by atoms with Gasteiger partial charge in [0.15, 0.2) is 6.04 Å². The van der Waals surface area contributed by atoms with Crippen LogP contribution < -0.4 is 5.32 Å². The Morgan fingerprint density at radius 1 is 1.60 bits per heavy atom. The molecule has 0 saturated carbocycles. The minimum atomic E-state index is -0.979. The van der Waals surface area contributed by atoms with Gasteiger partial charge in [-0.3, -0.25) is 0 Å². The van der Waals surface area contributed by atoms with Gasteiger partial charge in [0.2, 0.25) is 0 Å². The van der Waals surface area contributed by atoms with E-state index in [0.29, 0.717) is 13.1 Å². The first kappa shape index (κ1) is 14.6. The summed E-state index contributed by atoms with van der Waals surface area (Å²) in [5, 5.41) is 14.1. The van der Waals surface area contributed by atoms with Gasteiger partial charge in [0.25, 0.3) is 0 Å². The van der Waals surface area contributed by atoms with E-state index in [9.17, 15) is 14.7 Å². The summed E-state index contributed by atoms with van der Waals surface area (Å²) >= 11 is 1.55. The number of fused-ring (bicyclic) bond motifs is 1. The molecular formula is C14H18N2O3S. The van der Waals surface area contributed by atoms with Crippen molar-refractivity contribution in [1.82, 2.24) is 10.2 Å². The maximum atomic E-state index is 12.1. The monoisotopic (exact) mass is 294 g/mol. The lowest BCUT2D eigenvalue weighted by atomic mass is 10.0. The molecule has 0 aromatic carbocycles. The number of hydrogen-bond donors (Lipinski definition) is 2. The Balaban J connectivity index is 2.07. The van der Waals surface area contributed by atoms with Crippen LogP contribution in [0.4, 0.5) is 4.79 Å². The van der Waals surface area contributed by atoms with Crippen LogP contribution >= 0.6 is 11.3 Å². The van der Waals surface area contributed by atoms with E-state index in [0.717, 1.165) is 23.3 Å². The Kier molecular flexibility index (Phi) is 4.79. The average molecular weight is 294 g/mol. The lowest BCUT2D eigenvalue weighted by Crippen LogP contribution is -2.48. The zero-order valence-electron chi connectivity index (χ0n) is 11.3. The molecule has 1 unspecified atom stereocenters. The van der Waals surface area contributed by atoms with Crippen LogP contribution in [0.1, 0.15) is 29.8 Å². The van der Waals surface area contributed by atoms with Gasteiger partial charge in [0.1, 0.15) is 0 Å². The van der Waals surface area contributed by atoms with Crippen molar-refractivity contribution in [3.05, 3.63) is 34.0 Å². The van der Waals surface area contributed by atoms with E-state index in [4.69, 9.17) is 0 Å². The van der Waals surface area contributed by atoms with Crippen molar-refractivity contribution in [2.45, 2.75) is 25.8 Å². The highest BCUT2D eigenvalue weighted by atomic mass is 32.1. The molecule has 2 N–H and O–H groups in total. The highest BCUT2D eigenvalue weighted by molar-refractivity contribution is 7.10. The minimum absolute atomic E-state index is 0.307. The summed E-state index contributed by atoms with van der Waals surface area (Å²) in [4.78, 5) is 26.1. The molecule has 2 rings (SSSR count). The molecule has 1 aromatic rings. The van der Waals surface area contributed by atoms with Gasteiger partial charge >= 0.3 is 12.0 Å². The second-order valence-electron chi connectivity index (χ2n) is 4.57. The summed E-state index contributed by atoms with van der Waals surface area (Å²) in [6.45, 7) is 2.88. The van der Waals surface area contributed by atoms with Gasteiger partial charge < -0.3 is 15.3 Å². The SMILES string of the molecule is C/C=C/CCNC(=O)N1CCc2sccc2C1C(=O)O. The smallest absolute Gasteiger partial charge is 0.331 e. The molecule has 0 aliphatic carbocycles. The Morgan fingerprint density at radius 3 is 3.10 bits per heavy atom. The summed E-state index contributed by atoms with van der Waals surface area (Å²) < 4.78 is 0. The molecule has 6 heteroatoms. The number of rotatable bonds is 4. The van der Waals surface area contributed by atoms with Crippen LogP contribution in [0.25, 0.3) is 0 Å². The Bertz CT molecular complexity index is 524. The molecule has 0 bridgehead atoms. The van der Waals surface area contributed by atoms with E-state index in [2.05, 4.69) is 5.32 Å². The Labute approximate surface area is 121 Å². The topological polar surface area (TPSA) is 69.6 Å². The number of amides is 2. The second kappa shape index (κ2) is 6.56. The van der Waals surface area contributed by atoms with Gasteiger partial charge in [-0.15, -0.1) is 11.3 Å². The Hall–Kier alpha value is -1.82. The Morgan fingerprint density at radius 2 is 2.40 bits per heavy atom. The highest BCUT2D eigenvalue weighted by Gasteiger charge is 2.36. The fourth-order valence-electron chi connectivity index (χ4n) is 2.33. The molecule has 0 spiro atoms. The lowest BCUT2D eigenvalue weighted by molar-refractivity contribution is -0.142. The quantitative estimate of drug-likeness (QED) is 0.662. The molecule has 0 radical (unpaired) electrons. The van der Waals surface area contributed by atoms with Crippen LogP contribution in [0.3, 0.4) is 0 Å². The first-order valence-electron chi connectivity index (χ1n) is 6.60. The van der Waals surface area contributed by atoms with Crippen molar-refractivity contribution >= 4 is 23.3 Å². The number of allylic oxidation sites excluding steroid dienone is 1. The second-order valence-corrected chi connectivity index (χ2v) is 5.57. The van der Waals surface area contributed by atoms with Crippen LogP contribution in [-0.2, 0) is 11.2 Å². The molecule has 0 fully saturated rings. The third-order valence-electron chi connectivity index (χ3n) is 3.28. The van der Waals surface area contributed by atoms with E-state index in [-0.39, 0.29) is 6.03 Å². The predicted octanol–water partition coefficient (Wildman–Crippen LogP) is 2.41. The van der Waals surface area contributed by atoms with Gasteiger partial charge in [-0.2, -0.15) is 0 Å². The third-order valence-corrected chi connectivity index (χ3v) is 4.28. The minimum Gasteiger partial charge on any atom is -0.479 e. The summed E-state index contributed by atoms with van der Waals surface area (Å²) in [6, 6.07) is 0.628. The van der Waals surface area contributed by atoms with E-state index in [1.807, 2.05) is 24.5 Å². The first-order chi connectivity index (χ1) is 9.65. The number of hydrogen-bond acceptors (Lipinski definition) is 3. The van der Waals surface area contributed by atoms with E-state index < -0.39 is 12.0 Å². The lowest BCUT2D eigenvalue weighted by Gasteiger charge is -2.33. The first-order valence-corrected chi connectivity index (χ1v) is 7.47. The van der Waals surface area contributed by atoms with Crippen LogP contribution in [0, 0.1) is 0 Å². The molecular weight excluding hydrogens is 276 g/mol. The normalized spacial score (nSPS) is 18.1. The molecule has 1 aliphatic heterocycles. The van der Waals surface area contributed by atoms with E-state index in [1.54, 1.807) is 17.4 Å². The molecule has 20 heavy (non-hydrogen) atoms. The number of nitrogens with zero attached hydrogens (tertiary/aromatic N) is 1. The van der Waals surface area contributed by atoms with Crippen molar-refractivity contribution in [3.63, 3.8) is 0 Å². The molecule has 1 aromatic heterocycles. The van der Waals surface area contributed by atoms with Crippen LogP contribution in [0.5, 0.6) is 0 Å². The summed E-state index contributed by atoms with van der Waals surface area (Å²) in [6.07, 6.45) is 5.35. The highest BCUT2D eigenvalue weighted by Crippen LogP contribution is 2.33. The van der Waals surface area contributed by atoms with E-state index in [1.165, 1.54) is 4.90 Å². The predicted molar refractivity (Wildman–Crippen MR) is 77.9 cm³/mol. The summed E-state index contributed by atoms with van der Waals surface area (Å²) in [5.41, 5.74) is 0.748. The number of thiophene rings is 1. The number of carbonyl (C=O) groups excluding carboxylic acids is 1. The van der Waals surface area contributed by atoms with Crippen molar-refractivity contribution < 1.29 is 14.7 Å². The van der Waals surface area contributed by atoms with Crippen molar-refractivity contribution in [2.24, 2.45) is 0 Å². The fraction of sp³-hybridized carbons (Fsp3) is 0.429. The fourth-order valence-corrected chi connectivity index (χ4v) is 3.24. The standard InChI is InChI=1S/C14H18N2O3S/c1-2-3-4-7-15-14(19)16-8-5-11-10(6-9-20-11)12(16)13(17)18/h2-3,6,9,12H,4-5,7-8H2,1H3,(H,15,19)(H,17,18)/b3-2+.